The van der Waals surface area contributed by atoms with Gasteiger partial charge in [0.2, 0.25) is 0 Å². The summed E-state index contributed by atoms with van der Waals surface area (Å²) in [6, 6.07) is 0. The smallest absolute Gasteiger partial charge is 0.155 e. The van der Waals surface area contributed by atoms with E-state index in [4.69, 9.17) is 0 Å². The first kappa shape index (κ1) is 16.5. The molecule has 4 aliphatic carbocycles. The number of Topliss-reactive ketones (excluding diaryl/α,β-unsaturated/α-hetero) is 1. The summed E-state index contributed by atoms with van der Waals surface area (Å²) in [6.45, 7) is 8.98. The highest BCUT2D eigenvalue weighted by Gasteiger charge is 2.61. The normalized spacial score (nSPS) is 50.6. The summed E-state index contributed by atoms with van der Waals surface area (Å²) >= 11 is 0. The van der Waals surface area contributed by atoms with Gasteiger partial charge in [-0.25, -0.2) is 0 Å². The molecule has 0 aromatic rings. The van der Waals surface area contributed by atoms with Crippen LogP contribution in [0.5, 0.6) is 0 Å². The minimum atomic E-state index is 0.217. The number of fused-ring (bicyclic) bond motifs is 5. The second-order valence-corrected chi connectivity index (χ2v) is 9.81. The lowest BCUT2D eigenvalue weighted by molar-refractivity contribution is -0.129. The molecule has 3 fully saturated rings. The number of hydrogen-bond acceptors (Lipinski definition) is 2. The third-order valence-electron chi connectivity index (χ3n) is 8.74. The van der Waals surface area contributed by atoms with Crippen molar-refractivity contribution in [1.82, 2.24) is 0 Å². The molecule has 4 aliphatic rings. The predicted octanol–water partition coefficient (Wildman–Crippen LogP) is 4.97. The summed E-state index contributed by atoms with van der Waals surface area (Å²) in [4.78, 5) is 24.3. The highest BCUT2D eigenvalue weighted by Crippen LogP contribution is 2.67. The van der Waals surface area contributed by atoms with Crippen LogP contribution in [0.25, 0.3) is 0 Å². The molecule has 0 aromatic carbocycles. The van der Waals surface area contributed by atoms with Crippen molar-refractivity contribution in [2.45, 2.75) is 72.6 Å². The molecule has 0 radical (unpaired) electrons. The molecule has 0 bridgehead atoms. The Morgan fingerprint density at radius 1 is 1.12 bits per heavy atom. The van der Waals surface area contributed by atoms with E-state index in [1.807, 2.05) is 13.0 Å². The molecule has 4 rings (SSSR count). The number of hydrogen-bond donors (Lipinski definition) is 0. The lowest BCUT2D eigenvalue weighted by Crippen LogP contribution is -2.51. The summed E-state index contributed by atoms with van der Waals surface area (Å²) < 4.78 is 0. The van der Waals surface area contributed by atoms with E-state index in [2.05, 4.69) is 20.8 Å². The molecule has 7 unspecified atom stereocenters. The Morgan fingerprint density at radius 2 is 1.88 bits per heavy atom. The van der Waals surface area contributed by atoms with Crippen LogP contribution in [0.15, 0.2) is 11.6 Å². The van der Waals surface area contributed by atoms with Crippen LogP contribution in [0.4, 0.5) is 0 Å². The van der Waals surface area contributed by atoms with Crippen molar-refractivity contribution in [3.05, 3.63) is 11.6 Å². The van der Waals surface area contributed by atoms with Crippen LogP contribution in [0.2, 0.25) is 0 Å². The number of carbonyl (C=O) groups is 2. The SMILES string of the molecule is CC(=O)C1C(C)CC2C3CCC4=CC(=O)CCC4(C)C3CCC21C. The molecule has 3 saturated carbocycles. The Morgan fingerprint density at radius 3 is 2.58 bits per heavy atom. The fourth-order valence-corrected chi connectivity index (χ4v) is 7.79. The highest BCUT2D eigenvalue weighted by molar-refractivity contribution is 5.91. The number of carbonyl (C=O) groups excluding carboxylic acids is 2. The average Bonchev–Trinajstić information content (AvgIpc) is 2.78. The van der Waals surface area contributed by atoms with Crippen molar-refractivity contribution in [1.29, 1.82) is 0 Å². The third-order valence-corrected chi connectivity index (χ3v) is 8.74. The van der Waals surface area contributed by atoms with E-state index in [1.165, 1.54) is 31.3 Å². The maximum atomic E-state index is 12.4. The van der Waals surface area contributed by atoms with Gasteiger partial charge in [0.1, 0.15) is 5.78 Å². The lowest BCUT2D eigenvalue weighted by Gasteiger charge is -2.58. The maximum Gasteiger partial charge on any atom is 0.155 e. The second kappa shape index (κ2) is 5.29. The zero-order chi connectivity index (χ0) is 17.3. The summed E-state index contributed by atoms with van der Waals surface area (Å²) in [5, 5.41) is 0. The predicted molar refractivity (Wildman–Crippen MR) is 95.4 cm³/mol. The molecule has 0 heterocycles. The Kier molecular flexibility index (Phi) is 3.64. The van der Waals surface area contributed by atoms with E-state index in [0.717, 1.165) is 31.1 Å². The van der Waals surface area contributed by atoms with E-state index >= 15 is 0 Å². The van der Waals surface area contributed by atoms with Gasteiger partial charge in [0, 0.05) is 12.3 Å². The van der Waals surface area contributed by atoms with Gasteiger partial charge in [0.25, 0.3) is 0 Å². The van der Waals surface area contributed by atoms with Crippen molar-refractivity contribution < 1.29 is 9.59 Å². The highest BCUT2D eigenvalue weighted by atomic mass is 16.1. The van der Waals surface area contributed by atoms with E-state index < -0.39 is 0 Å². The van der Waals surface area contributed by atoms with Crippen LogP contribution in [0, 0.1) is 40.4 Å². The summed E-state index contributed by atoms with van der Waals surface area (Å²) in [5.74, 6) is 3.74. The minimum Gasteiger partial charge on any atom is -0.300 e. The zero-order valence-electron chi connectivity index (χ0n) is 15.7. The first-order chi connectivity index (χ1) is 11.3. The van der Waals surface area contributed by atoms with Crippen molar-refractivity contribution in [2.75, 3.05) is 0 Å². The molecular formula is C22H32O2. The van der Waals surface area contributed by atoms with Gasteiger partial charge in [-0.05, 0) is 86.0 Å². The molecule has 0 saturated heterocycles. The van der Waals surface area contributed by atoms with Crippen LogP contribution in [0.3, 0.4) is 0 Å². The molecule has 2 heteroatoms. The lowest BCUT2D eigenvalue weighted by atomic mass is 9.46. The molecule has 0 spiro atoms. The Labute approximate surface area is 146 Å². The van der Waals surface area contributed by atoms with Crippen molar-refractivity contribution in [3.8, 4) is 0 Å². The van der Waals surface area contributed by atoms with Crippen LogP contribution in [-0.2, 0) is 9.59 Å². The molecule has 0 amide bonds. The van der Waals surface area contributed by atoms with Crippen molar-refractivity contribution in [3.63, 3.8) is 0 Å². The van der Waals surface area contributed by atoms with Gasteiger partial charge in [0.15, 0.2) is 5.78 Å². The van der Waals surface area contributed by atoms with E-state index in [9.17, 15) is 9.59 Å². The average molecular weight is 328 g/mol. The van der Waals surface area contributed by atoms with Crippen LogP contribution < -0.4 is 0 Å². The molecule has 24 heavy (non-hydrogen) atoms. The van der Waals surface area contributed by atoms with Gasteiger partial charge in [-0.1, -0.05) is 26.3 Å². The van der Waals surface area contributed by atoms with E-state index in [0.29, 0.717) is 23.4 Å². The molecule has 132 valence electrons. The van der Waals surface area contributed by atoms with Crippen LogP contribution in [0.1, 0.15) is 72.6 Å². The molecule has 0 aromatic heterocycles. The fraction of sp³-hybridized carbons (Fsp3) is 0.818. The summed E-state index contributed by atoms with van der Waals surface area (Å²) in [6.07, 6.45) is 9.79. The van der Waals surface area contributed by atoms with E-state index in [-0.39, 0.29) is 16.7 Å². The second-order valence-electron chi connectivity index (χ2n) is 9.81. The van der Waals surface area contributed by atoms with Gasteiger partial charge < -0.3 is 0 Å². The van der Waals surface area contributed by atoms with Crippen molar-refractivity contribution >= 4 is 11.6 Å². The van der Waals surface area contributed by atoms with Gasteiger partial charge in [0.05, 0.1) is 0 Å². The molecule has 2 nitrogen and oxygen atoms in total. The van der Waals surface area contributed by atoms with Gasteiger partial charge in [-0.2, -0.15) is 0 Å². The third kappa shape index (κ3) is 2.07. The molecular weight excluding hydrogens is 296 g/mol. The Balaban J connectivity index is 1.69. The van der Waals surface area contributed by atoms with Crippen molar-refractivity contribution in [2.24, 2.45) is 40.4 Å². The number of rotatable bonds is 1. The molecule has 0 aliphatic heterocycles. The summed E-state index contributed by atoms with van der Waals surface area (Å²) in [5.41, 5.74) is 1.90. The van der Waals surface area contributed by atoms with Crippen LogP contribution >= 0.6 is 0 Å². The first-order valence-electron chi connectivity index (χ1n) is 10.0. The summed E-state index contributed by atoms with van der Waals surface area (Å²) in [7, 11) is 0. The van der Waals surface area contributed by atoms with Crippen LogP contribution in [-0.4, -0.2) is 11.6 Å². The number of allylic oxidation sites excluding steroid dienone is 1. The molecule has 7 atom stereocenters. The fourth-order valence-electron chi connectivity index (χ4n) is 7.79. The van der Waals surface area contributed by atoms with E-state index in [1.54, 1.807) is 0 Å². The Bertz CT molecular complexity index is 617. The van der Waals surface area contributed by atoms with Gasteiger partial charge >= 0.3 is 0 Å². The quantitative estimate of drug-likeness (QED) is 0.681. The molecule has 0 N–H and O–H groups in total. The Hall–Kier alpha value is -0.920. The monoisotopic (exact) mass is 328 g/mol. The minimum absolute atomic E-state index is 0.217. The standard InChI is InChI=1S/C22H32O2/c1-13-11-19-17-6-5-15-12-16(24)7-9-21(15,3)18(17)8-10-22(19,4)20(13)14(2)23/h12-13,17-20H,5-11H2,1-4H3. The van der Waals surface area contributed by atoms with Gasteiger partial charge in [-0.3, -0.25) is 9.59 Å². The first-order valence-corrected chi connectivity index (χ1v) is 10.0. The van der Waals surface area contributed by atoms with Gasteiger partial charge in [-0.15, -0.1) is 0 Å². The largest absolute Gasteiger partial charge is 0.300 e. The maximum absolute atomic E-state index is 12.4. The zero-order valence-corrected chi connectivity index (χ0v) is 15.7. The number of ketones is 2. The topological polar surface area (TPSA) is 34.1 Å².